The molecule has 1 aliphatic rings. The van der Waals surface area contributed by atoms with Crippen LogP contribution in [0.15, 0.2) is 29.2 Å². The summed E-state index contributed by atoms with van der Waals surface area (Å²) in [5.41, 5.74) is 7.74. The average Bonchev–Trinajstić information content (AvgIpc) is 2.76. The van der Waals surface area contributed by atoms with E-state index in [0.717, 1.165) is 36.1 Å². The SMILES string of the molecule is CSc1cccc(C(=O)Nc2sc3c(c2C(N)=O)CCCCC3)c1. The van der Waals surface area contributed by atoms with Gasteiger partial charge in [0.25, 0.3) is 11.8 Å². The fourth-order valence-electron chi connectivity index (χ4n) is 3.03. The number of carbonyl (C=O) groups is 2. The Morgan fingerprint density at radius 1 is 1.21 bits per heavy atom. The lowest BCUT2D eigenvalue weighted by Gasteiger charge is -2.07. The molecule has 3 rings (SSSR count). The topological polar surface area (TPSA) is 72.2 Å². The summed E-state index contributed by atoms with van der Waals surface area (Å²) < 4.78 is 0. The molecule has 2 aromatic rings. The van der Waals surface area contributed by atoms with Crippen LogP contribution < -0.4 is 11.1 Å². The normalized spacial score (nSPS) is 13.9. The zero-order valence-electron chi connectivity index (χ0n) is 13.6. The molecule has 2 amide bonds. The maximum Gasteiger partial charge on any atom is 0.256 e. The molecule has 0 saturated heterocycles. The summed E-state index contributed by atoms with van der Waals surface area (Å²) in [6.07, 6.45) is 7.14. The first-order valence-corrected chi connectivity index (χ1v) is 10.0. The first-order valence-electron chi connectivity index (χ1n) is 8.00. The largest absolute Gasteiger partial charge is 0.365 e. The third-order valence-electron chi connectivity index (χ3n) is 4.23. The number of thioether (sulfide) groups is 1. The predicted octanol–water partition coefficient (Wildman–Crippen LogP) is 4.09. The van der Waals surface area contributed by atoms with Gasteiger partial charge in [0.1, 0.15) is 5.00 Å². The van der Waals surface area contributed by atoms with Crippen molar-refractivity contribution in [3.05, 3.63) is 45.8 Å². The Balaban J connectivity index is 1.91. The van der Waals surface area contributed by atoms with Crippen molar-refractivity contribution in [2.75, 3.05) is 11.6 Å². The second kappa shape index (κ2) is 7.40. The lowest BCUT2D eigenvalue weighted by molar-refractivity contribution is 0.100. The van der Waals surface area contributed by atoms with E-state index in [4.69, 9.17) is 5.73 Å². The van der Waals surface area contributed by atoms with Crippen molar-refractivity contribution >= 4 is 39.9 Å². The molecule has 1 heterocycles. The van der Waals surface area contributed by atoms with Gasteiger partial charge < -0.3 is 11.1 Å². The van der Waals surface area contributed by atoms with Crippen molar-refractivity contribution in [1.29, 1.82) is 0 Å². The molecule has 0 unspecified atom stereocenters. The summed E-state index contributed by atoms with van der Waals surface area (Å²) in [6, 6.07) is 7.45. The maximum absolute atomic E-state index is 12.6. The molecule has 0 aliphatic heterocycles. The fourth-order valence-corrected chi connectivity index (χ4v) is 4.78. The van der Waals surface area contributed by atoms with Crippen LogP contribution in [0, 0.1) is 0 Å². The Labute approximate surface area is 149 Å². The molecule has 0 bridgehead atoms. The van der Waals surface area contributed by atoms with E-state index < -0.39 is 5.91 Å². The summed E-state index contributed by atoms with van der Waals surface area (Å²) in [7, 11) is 0. The smallest absolute Gasteiger partial charge is 0.256 e. The van der Waals surface area contributed by atoms with Crippen molar-refractivity contribution in [1.82, 2.24) is 0 Å². The van der Waals surface area contributed by atoms with E-state index in [2.05, 4.69) is 5.32 Å². The van der Waals surface area contributed by atoms with Crippen LogP contribution in [0.4, 0.5) is 5.00 Å². The van der Waals surface area contributed by atoms with Crippen LogP contribution in [0.3, 0.4) is 0 Å². The number of nitrogens with two attached hydrogens (primary N) is 1. The summed E-state index contributed by atoms with van der Waals surface area (Å²) in [4.78, 5) is 26.7. The second-order valence-corrected chi connectivity index (χ2v) is 7.80. The quantitative estimate of drug-likeness (QED) is 0.637. The highest BCUT2D eigenvalue weighted by atomic mass is 32.2. The van der Waals surface area contributed by atoms with Gasteiger partial charge in [-0.05, 0) is 55.7 Å². The number of carbonyl (C=O) groups excluding carboxylic acids is 2. The Morgan fingerprint density at radius 2 is 2.00 bits per heavy atom. The Morgan fingerprint density at radius 3 is 2.75 bits per heavy atom. The van der Waals surface area contributed by atoms with Gasteiger partial charge in [-0.15, -0.1) is 23.1 Å². The van der Waals surface area contributed by atoms with Gasteiger partial charge in [-0.3, -0.25) is 9.59 Å². The third kappa shape index (κ3) is 3.49. The highest BCUT2D eigenvalue weighted by molar-refractivity contribution is 7.98. The molecule has 3 N–H and O–H groups in total. The van der Waals surface area contributed by atoms with E-state index in [1.807, 2.05) is 24.5 Å². The number of aryl methyl sites for hydroxylation is 1. The summed E-state index contributed by atoms with van der Waals surface area (Å²) in [5, 5.41) is 3.50. The van der Waals surface area contributed by atoms with Gasteiger partial charge in [-0.25, -0.2) is 0 Å². The van der Waals surface area contributed by atoms with Crippen LogP contribution in [0.25, 0.3) is 0 Å². The predicted molar refractivity (Wildman–Crippen MR) is 100 cm³/mol. The van der Waals surface area contributed by atoms with E-state index in [1.165, 1.54) is 22.6 Å². The van der Waals surface area contributed by atoms with Gasteiger partial charge in [0.15, 0.2) is 0 Å². The number of amides is 2. The number of hydrogen-bond acceptors (Lipinski definition) is 4. The number of hydrogen-bond donors (Lipinski definition) is 2. The molecular formula is C18H20N2O2S2. The molecule has 126 valence electrons. The van der Waals surface area contributed by atoms with Crippen LogP contribution in [-0.4, -0.2) is 18.1 Å². The van der Waals surface area contributed by atoms with Crippen molar-refractivity contribution < 1.29 is 9.59 Å². The fraction of sp³-hybridized carbons (Fsp3) is 0.333. The first-order chi connectivity index (χ1) is 11.6. The van der Waals surface area contributed by atoms with Gasteiger partial charge in [-0.1, -0.05) is 12.5 Å². The molecule has 1 aliphatic carbocycles. The molecule has 1 aromatic carbocycles. The van der Waals surface area contributed by atoms with E-state index in [1.54, 1.807) is 17.8 Å². The van der Waals surface area contributed by atoms with Crippen LogP contribution in [0.1, 0.15) is 50.4 Å². The summed E-state index contributed by atoms with van der Waals surface area (Å²) in [5.74, 6) is -0.660. The molecule has 0 radical (unpaired) electrons. The van der Waals surface area contributed by atoms with Crippen LogP contribution in [0.2, 0.25) is 0 Å². The molecular weight excluding hydrogens is 340 g/mol. The van der Waals surface area contributed by atoms with Crippen molar-refractivity contribution in [3.63, 3.8) is 0 Å². The van der Waals surface area contributed by atoms with E-state index >= 15 is 0 Å². The highest BCUT2D eigenvalue weighted by Gasteiger charge is 2.24. The standard InChI is InChI=1S/C18H20N2O2S2/c1-23-12-7-5-6-11(10-12)17(22)20-18-15(16(19)21)13-8-3-2-4-9-14(13)24-18/h5-7,10H,2-4,8-9H2,1H3,(H2,19,21)(H,20,22). The van der Waals surface area contributed by atoms with Gasteiger partial charge in [0.05, 0.1) is 5.56 Å². The molecule has 0 saturated carbocycles. The molecule has 4 nitrogen and oxygen atoms in total. The van der Waals surface area contributed by atoms with Crippen molar-refractivity contribution in [2.24, 2.45) is 5.73 Å². The molecule has 6 heteroatoms. The molecule has 0 fully saturated rings. The number of thiophene rings is 1. The minimum atomic E-state index is -0.456. The van der Waals surface area contributed by atoms with Gasteiger partial charge >= 0.3 is 0 Å². The molecule has 0 spiro atoms. The number of rotatable bonds is 4. The molecule has 0 atom stereocenters. The number of anilines is 1. The minimum Gasteiger partial charge on any atom is -0.365 e. The number of nitrogens with one attached hydrogen (secondary N) is 1. The van der Waals surface area contributed by atoms with Crippen LogP contribution in [0.5, 0.6) is 0 Å². The summed E-state index contributed by atoms with van der Waals surface area (Å²) >= 11 is 3.09. The lowest BCUT2D eigenvalue weighted by atomic mass is 10.1. The average molecular weight is 361 g/mol. The van der Waals surface area contributed by atoms with Gasteiger partial charge in [-0.2, -0.15) is 0 Å². The monoisotopic (exact) mass is 360 g/mol. The maximum atomic E-state index is 12.6. The second-order valence-electron chi connectivity index (χ2n) is 5.82. The first kappa shape index (κ1) is 17.0. The van der Waals surface area contributed by atoms with Crippen LogP contribution in [-0.2, 0) is 12.8 Å². The summed E-state index contributed by atoms with van der Waals surface area (Å²) in [6.45, 7) is 0. The number of fused-ring (bicyclic) bond motifs is 1. The third-order valence-corrected chi connectivity index (χ3v) is 6.16. The number of benzene rings is 1. The van der Waals surface area contributed by atoms with Crippen LogP contribution >= 0.6 is 23.1 Å². The Hall–Kier alpha value is -1.79. The van der Waals surface area contributed by atoms with E-state index in [-0.39, 0.29) is 5.91 Å². The molecule has 24 heavy (non-hydrogen) atoms. The van der Waals surface area contributed by atoms with Gasteiger partial charge in [0, 0.05) is 15.3 Å². The lowest BCUT2D eigenvalue weighted by Crippen LogP contribution is -2.18. The molecule has 1 aromatic heterocycles. The van der Waals surface area contributed by atoms with E-state index in [9.17, 15) is 9.59 Å². The highest BCUT2D eigenvalue weighted by Crippen LogP contribution is 2.37. The minimum absolute atomic E-state index is 0.204. The van der Waals surface area contributed by atoms with Crippen molar-refractivity contribution in [2.45, 2.75) is 37.0 Å². The number of primary amides is 1. The van der Waals surface area contributed by atoms with Crippen molar-refractivity contribution in [3.8, 4) is 0 Å². The zero-order valence-corrected chi connectivity index (χ0v) is 15.2. The zero-order chi connectivity index (χ0) is 17.1. The Kier molecular flexibility index (Phi) is 5.26. The Bertz CT molecular complexity index is 783. The van der Waals surface area contributed by atoms with E-state index in [0.29, 0.717) is 16.1 Å². The van der Waals surface area contributed by atoms with Gasteiger partial charge in [0.2, 0.25) is 0 Å².